The van der Waals surface area contributed by atoms with E-state index in [0.29, 0.717) is 44.2 Å². The first-order chi connectivity index (χ1) is 21.6. The van der Waals surface area contributed by atoms with E-state index in [2.05, 4.69) is 11.4 Å². The molecule has 2 aromatic carbocycles. The summed E-state index contributed by atoms with van der Waals surface area (Å²) in [7, 11) is -4.17. The van der Waals surface area contributed by atoms with Crippen molar-refractivity contribution in [1.82, 2.24) is 9.62 Å². The number of carbonyl (C=O) groups is 1. The second-order valence-electron chi connectivity index (χ2n) is 12.4. The van der Waals surface area contributed by atoms with Crippen LogP contribution in [0.25, 0.3) is 0 Å². The van der Waals surface area contributed by atoms with Crippen molar-refractivity contribution in [2.24, 2.45) is 11.3 Å². The summed E-state index contributed by atoms with van der Waals surface area (Å²) >= 11 is 0. The van der Waals surface area contributed by atoms with Crippen molar-refractivity contribution >= 4 is 16.1 Å². The van der Waals surface area contributed by atoms with Crippen molar-refractivity contribution in [3.05, 3.63) is 54.1 Å². The second kappa shape index (κ2) is 14.3. The van der Waals surface area contributed by atoms with Crippen LogP contribution in [0.15, 0.2) is 53.4 Å². The van der Waals surface area contributed by atoms with E-state index in [1.54, 1.807) is 6.07 Å². The van der Waals surface area contributed by atoms with Crippen LogP contribution >= 0.6 is 0 Å². The molecule has 12 nitrogen and oxygen atoms in total. The topological polar surface area (TPSA) is 157 Å². The summed E-state index contributed by atoms with van der Waals surface area (Å²) in [5, 5.41) is 23.6. The third-order valence-corrected chi connectivity index (χ3v) is 10.2. The Bertz CT molecular complexity index is 1460. The molecule has 2 fully saturated rings. The highest BCUT2D eigenvalue weighted by Crippen LogP contribution is 2.35. The van der Waals surface area contributed by atoms with Gasteiger partial charge in [0.1, 0.15) is 19.3 Å². The molecule has 5 atom stereocenters. The summed E-state index contributed by atoms with van der Waals surface area (Å²) in [5.41, 5.74) is 0.242. The van der Waals surface area contributed by atoms with Gasteiger partial charge in [-0.3, -0.25) is 0 Å². The molecule has 0 aliphatic carbocycles. The van der Waals surface area contributed by atoms with Crippen LogP contribution in [0.3, 0.4) is 0 Å². The number of fused-ring (bicyclic) bond motifs is 2. The maximum Gasteiger partial charge on any atom is 0.407 e. The highest BCUT2D eigenvalue weighted by Gasteiger charge is 2.44. The van der Waals surface area contributed by atoms with Crippen LogP contribution in [0.1, 0.15) is 38.7 Å². The number of sulfonamides is 1. The number of nitrogens with one attached hydrogen (secondary N) is 1. The van der Waals surface area contributed by atoms with E-state index in [0.717, 1.165) is 5.56 Å². The molecule has 5 rings (SSSR count). The van der Waals surface area contributed by atoms with Crippen LogP contribution < -0.4 is 14.8 Å². The van der Waals surface area contributed by atoms with Crippen LogP contribution in [0.2, 0.25) is 0 Å². The molecule has 2 aromatic rings. The van der Waals surface area contributed by atoms with Crippen molar-refractivity contribution in [3.63, 3.8) is 0 Å². The van der Waals surface area contributed by atoms with Gasteiger partial charge in [0, 0.05) is 25.6 Å². The molecule has 0 unspecified atom stereocenters. The van der Waals surface area contributed by atoms with E-state index in [4.69, 9.17) is 23.7 Å². The summed E-state index contributed by atoms with van der Waals surface area (Å²) in [6.07, 6.45) is -1.30. The Morgan fingerprint density at radius 2 is 1.89 bits per heavy atom. The second-order valence-corrected chi connectivity index (χ2v) is 14.3. The van der Waals surface area contributed by atoms with Crippen LogP contribution in [0, 0.1) is 22.7 Å². The zero-order valence-corrected chi connectivity index (χ0v) is 26.4. The maximum absolute atomic E-state index is 14.2. The van der Waals surface area contributed by atoms with Gasteiger partial charge < -0.3 is 34.1 Å². The van der Waals surface area contributed by atoms with Gasteiger partial charge in [-0.1, -0.05) is 44.2 Å². The first kappa shape index (κ1) is 33.0. The van der Waals surface area contributed by atoms with E-state index in [9.17, 15) is 23.6 Å². The fourth-order valence-electron chi connectivity index (χ4n) is 5.89. The number of rotatable bonds is 13. The van der Waals surface area contributed by atoms with Gasteiger partial charge in [0.15, 0.2) is 17.8 Å². The third kappa shape index (κ3) is 8.25. The minimum Gasteiger partial charge on any atom is -0.486 e. The first-order valence-electron chi connectivity index (χ1n) is 15.2. The van der Waals surface area contributed by atoms with Gasteiger partial charge in [-0.15, -0.1) is 0 Å². The SMILES string of the molecule is CC(C)(CCC#N)CN(C[C@@H](O)[C@H](Cc1ccccc1)NC(=O)O[C@H]1CO[C@H]2OCC[C@H]21)S(=O)(=O)c1ccc2c(c1)OCCO2. The monoisotopic (exact) mass is 643 g/mol. The van der Waals surface area contributed by atoms with Crippen molar-refractivity contribution < 1.29 is 42.0 Å². The summed E-state index contributed by atoms with van der Waals surface area (Å²) < 4.78 is 57.6. The lowest BCUT2D eigenvalue weighted by Crippen LogP contribution is -2.52. The summed E-state index contributed by atoms with van der Waals surface area (Å²) in [6.45, 7) is 4.87. The predicted molar refractivity (Wildman–Crippen MR) is 162 cm³/mol. The van der Waals surface area contributed by atoms with Gasteiger partial charge in [-0.2, -0.15) is 9.57 Å². The zero-order chi connectivity index (χ0) is 32.0. The molecule has 2 saturated heterocycles. The quantitative estimate of drug-likeness (QED) is 0.332. The largest absolute Gasteiger partial charge is 0.486 e. The van der Waals surface area contributed by atoms with Crippen molar-refractivity contribution in [3.8, 4) is 17.6 Å². The molecular formula is C32H41N3O9S. The molecule has 0 bridgehead atoms. The molecule has 3 heterocycles. The Balaban J connectivity index is 1.38. The standard InChI is InChI=1S/C32H41N3O9S/c1-32(2,12-6-13-33)21-35(45(38,39)23-9-10-27-28(18-23)41-16-15-40-27)19-26(36)25(17-22-7-4-3-5-8-22)34-31(37)44-29-20-43-30-24(29)11-14-42-30/h3-5,7-10,18,24-26,29-30,36H,6,11-12,14-17,19-21H2,1-2H3,(H,34,37)/t24-,25-,26+,29-,30+/m0/s1. The van der Waals surface area contributed by atoms with Crippen LogP contribution in [-0.2, 0) is 30.7 Å². The molecule has 0 radical (unpaired) electrons. The van der Waals surface area contributed by atoms with E-state index in [1.807, 2.05) is 44.2 Å². The number of hydrogen-bond acceptors (Lipinski definition) is 10. The molecule has 2 N–H and O–H groups in total. The predicted octanol–water partition coefficient (Wildman–Crippen LogP) is 3.24. The van der Waals surface area contributed by atoms with Gasteiger partial charge in [-0.05, 0) is 42.4 Å². The van der Waals surface area contributed by atoms with Crippen molar-refractivity contribution in [1.29, 1.82) is 5.26 Å². The summed E-state index contributed by atoms with van der Waals surface area (Å²) in [6, 6.07) is 15.0. The van der Waals surface area contributed by atoms with Gasteiger partial charge in [-0.25, -0.2) is 13.2 Å². The molecular weight excluding hydrogens is 602 g/mol. The number of carbonyl (C=O) groups excluding carboxylic acids is 1. The third-order valence-electron chi connectivity index (χ3n) is 8.37. The van der Waals surface area contributed by atoms with Gasteiger partial charge >= 0.3 is 6.09 Å². The van der Waals surface area contributed by atoms with Gasteiger partial charge in [0.05, 0.1) is 42.2 Å². The minimum absolute atomic E-state index is 0.0171. The number of nitrogens with zero attached hydrogens (tertiary/aromatic N) is 2. The van der Waals surface area contributed by atoms with Crippen molar-refractivity contribution in [2.75, 3.05) is 39.5 Å². The van der Waals surface area contributed by atoms with Crippen LogP contribution in [-0.4, -0.2) is 88.0 Å². The fourth-order valence-corrected chi connectivity index (χ4v) is 7.55. The molecule has 0 spiro atoms. The average Bonchev–Trinajstić information content (AvgIpc) is 3.65. The summed E-state index contributed by atoms with van der Waals surface area (Å²) in [5.74, 6) is 0.717. The number of alkyl carbamates (subject to hydrolysis) is 1. The maximum atomic E-state index is 14.2. The Hall–Kier alpha value is -3.41. The van der Waals surface area contributed by atoms with Crippen LogP contribution in [0.4, 0.5) is 4.79 Å². The minimum atomic E-state index is -4.17. The molecule has 45 heavy (non-hydrogen) atoms. The normalized spacial score (nSPS) is 22.3. The molecule has 1 amide bonds. The Labute approximate surface area is 264 Å². The lowest BCUT2D eigenvalue weighted by Gasteiger charge is -2.35. The number of nitriles is 1. The molecule has 0 aromatic heterocycles. The van der Waals surface area contributed by atoms with Gasteiger partial charge in [0.25, 0.3) is 0 Å². The smallest absolute Gasteiger partial charge is 0.407 e. The lowest BCUT2D eigenvalue weighted by molar-refractivity contribution is -0.0907. The zero-order valence-electron chi connectivity index (χ0n) is 25.6. The average molecular weight is 644 g/mol. The molecule has 0 saturated carbocycles. The lowest BCUT2D eigenvalue weighted by atomic mass is 9.88. The van der Waals surface area contributed by atoms with Crippen LogP contribution in [0.5, 0.6) is 11.5 Å². The van der Waals surface area contributed by atoms with E-state index in [-0.39, 0.29) is 43.4 Å². The number of aliphatic hydroxyl groups is 1. The molecule has 13 heteroatoms. The summed E-state index contributed by atoms with van der Waals surface area (Å²) in [4.78, 5) is 13.1. The number of aliphatic hydroxyl groups excluding tert-OH is 1. The molecule has 244 valence electrons. The number of hydrogen-bond donors (Lipinski definition) is 2. The number of amides is 1. The van der Waals surface area contributed by atoms with E-state index < -0.39 is 46.1 Å². The Morgan fingerprint density at radius 3 is 2.64 bits per heavy atom. The van der Waals surface area contributed by atoms with Gasteiger partial charge in [0.2, 0.25) is 10.0 Å². The Kier molecular flexibility index (Phi) is 10.5. The molecule has 3 aliphatic heterocycles. The number of benzene rings is 2. The van der Waals surface area contributed by atoms with E-state index in [1.165, 1.54) is 16.4 Å². The fraction of sp³-hybridized carbons (Fsp3) is 0.562. The molecule has 3 aliphatic rings. The number of ether oxygens (including phenoxy) is 5. The van der Waals surface area contributed by atoms with E-state index >= 15 is 0 Å². The Morgan fingerprint density at radius 1 is 1.13 bits per heavy atom. The first-order valence-corrected chi connectivity index (χ1v) is 16.7. The highest BCUT2D eigenvalue weighted by atomic mass is 32.2. The van der Waals surface area contributed by atoms with Crippen molar-refractivity contribution in [2.45, 2.75) is 69.0 Å². The highest BCUT2D eigenvalue weighted by molar-refractivity contribution is 7.89.